The number of hydrogen-bond acceptors (Lipinski definition) is 3. The first kappa shape index (κ1) is 20.2. The van der Waals surface area contributed by atoms with Gasteiger partial charge in [0, 0.05) is 12.0 Å². The van der Waals surface area contributed by atoms with Crippen LogP contribution in [0.25, 0.3) is 6.08 Å². The van der Waals surface area contributed by atoms with E-state index in [1.807, 2.05) is 36.4 Å². The molecule has 1 atom stereocenters. The molecule has 0 radical (unpaired) electrons. The van der Waals surface area contributed by atoms with E-state index in [1.54, 1.807) is 24.3 Å². The summed E-state index contributed by atoms with van der Waals surface area (Å²) in [6, 6.07) is 13.9. The van der Waals surface area contributed by atoms with Gasteiger partial charge in [-0.25, -0.2) is 4.79 Å². The number of aliphatic carboxylic acids is 1. The highest BCUT2D eigenvalue weighted by atomic mass is 16.4. The van der Waals surface area contributed by atoms with Crippen molar-refractivity contribution in [2.24, 2.45) is 5.92 Å². The number of allylic oxidation sites excluding steroid dienone is 1. The Morgan fingerprint density at radius 2 is 1.67 bits per heavy atom. The maximum absolute atomic E-state index is 11.0. The molecule has 0 aliphatic heterocycles. The topological polar surface area (TPSA) is 94.8 Å². The highest BCUT2D eigenvalue weighted by molar-refractivity contribution is 5.87. The number of carboxylic acid groups (broad SMARTS) is 2. The second-order valence-electron chi connectivity index (χ2n) is 6.52. The quantitative estimate of drug-likeness (QED) is 0.533. The lowest BCUT2D eigenvalue weighted by atomic mass is 9.92. The first-order valence-electron chi connectivity index (χ1n) is 8.96. The number of hydrogen-bond donors (Lipinski definition) is 3. The summed E-state index contributed by atoms with van der Waals surface area (Å²) in [6.45, 7) is 0. The smallest absolute Gasteiger partial charge is 0.335 e. The lowest BCUT2D eigenvalue weighted by molar-refractivity contribution is -0.137. The molecule has 0 fully saturated rings. The Kier molecular flexibility index (Phi) is 7.62. The maximum Gasteiger partial charge on any atom is 0.335 e. The van der Waals surface area contributed by atoms with Gasteiger partial charge in [-0.2, -0.15) is 0 Å². The minimum Gasteiger partial charge on any atom is -0.507 e. The van der Waals surface area contributed by atoms with Crippen molar-refractivity contribution in [2.75, 3.05) is 0 Å². The van der Waals surface area contributed by atoms with Crippen molar-refractivity contribution in [2.45, 2.75) is 32.1 Å². The van der Waals surface area contributed by atoms with Gasteiger partial charge in [-0.05, 0) is 48.9 Å². The molecule has 0 aromatic heterocycles. The van der Waals surface area contributed by atoms with Gasteiger partial charge in [0.2, 0.25) is 0 Å². The number of carboxylic acids is 2. The van der Waals surface area contributed by atoms with Crippen LogP contribution < -0.4 is 0 Å². The van der Waals surface area contributed by atoms with Crippen molar-refractivity contribution in [1.82, 2.24) is 0 Å². The summed E-state index contributed by atoms with van der Waals surface area (Å²) in [5.74, 6) is -1.37. The van der Waals surface area contributed by atoms with Crippen LogP contribution in [0.3, 0.4) is 0 Å². The lowest BCUT2D eigenvalue weighted by Crippen LogP contribution is -2.04. The minimum absolute atomic E-state index is 0.156. The third-order valence-corrected chi connectivity index (χ3v) is 4.40. The van der Waals surface area contributed by atoms with Gasteiger partial charge < -0.3 is 15.3 Å². The van der Waals surface area contributed by atoms with Crippen molar-refractivity contribution >= 4 is 18.0 Å². The average Bonchev–Trinajstić information content (AvgIpc) is 2.64. The van der Waals surface area contributed by atoms with Gasteiger partial charge in [-0.1, -0.05) is 48.9 Å². The first-order chi connectivity index (χ1) is 13.0. The molecule has 27 heavy (non-hydrogen) atoms. The van der Waals surface area contributed by atoms with Crippen molar-refractivity contribution in [3.05, 3.63) is 71.3 Å². The number of carbonyl (C=O) groups is 2. The molecule has 0 saturated heterocycles. The molecule has 0 amide bonds. The van der Waals surface area contributed by atoms with E-state index in [9.17, 15) is 14.7 Å². The molecule has 142 valence electrons. The van der Waals surface area contributed by atoms with Crippen LogP contribution in [0.1, 0.15) is 47.2 Å². The van der Waals surface area contributed by atoms with E-state index in [-0.39, 0.29) is 23.7 Å². The molecule has 2 aromatic carbocycles. The molecule has 2 rings (SSSR count). The first-order valence-corrected chi connectivity index (χ1v) is 8.96. The molecule has 5 nitrogen and oxygen atoms in total. The second-order valence-corrected chi connectivity index (χ2v) is 6.52. The molecular weight excluding hydrogens is 344 g/mol. The molecule has 0 heterocycles. The second kappa shape index (κ2) is 10.2. The highest BCUT2D eigenvalue weighted by Crippen LogP contribution is 2.22. The number of benzene rings is 2. The van der Waals surface area contributed by atoms with E-state index in [0.29, 0.717) is 6.42 Å². The molecule has 0 spiro atoms. The lowest BCUT2D eigenvalue weighted by Gasteiger charge is -2.13. The number of aromatic carboxylic acids is 1. The van der Waals surface area contributed by atoms with Gasteiger partial charge in [-0.15, -0.1) is 0 Å². The summed E-state index contributed by atoms with van der Waals surface area (Å²) >= 11 is 0. The monoisotopic (exact) mass is 368 g/mol. The number of phenolic OH excluding ortho intramolecular Hbond substituents is 1. The number of aromatic hydroxyl groups is 1. The van der Waals surface area contributed by atoms with Crippen molar-refractivity contribution in [1.29, 1.82) is 0 Å². The number of unbranched alkanes of at least 4 members (excludes halogenated alkanes) is 1. The summed E-state index contributed by atoms with van der Waals surface area (Å²) in [5.41, 5.74) is 2.00. The zero-order chi connectivity index (χ0) is 19.6. The van der Waals surface area contributed by atoms with Crippen LogP contribution in [0.4, 0.5) is 0 Å². The number of phenols is 1. The van der Waals surface area contributed by atoms with Crippen molar-refractivity contribution < 1.29 is 24.9 Å². The molecule has 5 heteroatoms. The molecule has 0 saturated carbocycles. The summed E-state index contributed by atoms with van der Waals surface area (Å²) < 4.78 is 0. The van der Waals surface area contributed by atoms with Crippen LogP contribution in [0.5, 0.6) is 5.75 Å². The fourth-order valence-electron chi connectivity index (χ4n) is 2.90. The predicted molar refractivity (Wildman–Crippen MR) is 104 cm³/mol. The van der Waals surface area contributed by atoms with Gasteiger partial charge in [0.25, 0.3) is 0 Å². The highest BCUT2D eigenvalue weighted by Gasteiger charge is 2.09. The molecule has 1 unspecified atom stereocenters. The van der Waals surface area contributed by atoms with Gasteiger partial charge in [0.05, 0.1) is 5.56 Å². The summed E-state index contributed by atoms with van der Waals surface area (Å²) in [6.07, 6.45) is 7.01. The number of rotatable bonds is 10. The standard InChI is InChI=1S/C22H24O5/c23-20-7-3-2-6-18(20)12-9-16(5-1-4-8-21(24)25)15-17-10-13-19(14-11-17)22(26)27/h2-3,6-7,9-14,16,23H,1,4-5,8,15H2,(H,24,25)(H,26,27)/b12-9+. The Hall–Kier alpha value is -3.08. The molecule has 0 aliphatic carbocycles. The predicted octanol–water partition coefficient (Wildman–Crippen LogP) is 4.61. The third kappa shape index (κ3) is 6.98. The Bertz CT molecular complexity index is 793. The van der Waals surface area contributed by atoms with Gasteiger partial charge in [0.15, 0.2) is 0 Å². The van der Waals surface area contributed by atoms with Crippen molar-refractivity contribution in [3.8, 4) is 5.75 Å². The molecular formula is C22H24O5. The Labute approximate surface area is 158 Å². The zero-order valence-electron chi connectivity index (χ0n) is 15.0. The van der Waals surface area contributed by atoms with Crippen LogP contribution in [-0.4, -0.2) is 27.3 Å². The zero-order valence-corrected chi connectivity index (χ0v) is 15.0. The fourth-order valence-corrected chi connectivity index (χ4v) is 2.90. The molecule has 0 bridgehead atoms. The minimum atomic E-state index is -0.953. The van der Waals surface area contributed by atoms with Crippen LogP contribution in [0.2, 0.25) is 0 Å². The Morgan fingerprint density at radius 3 is 2.30 bits per heavy atom. The summed E-state index contributed by atoms with van der Waals surface area (Å²) in [7, 11) is 0. The average molecular weight is 368 g/mol. The molecule has 0 aliphatic rings. The van der Waals surface area contributed by atoms with Gasteiger partial charge >= 0.3 is 11.9 Å². The summed E-state index contributed by atoms with van der Waals surface area (Å²) in [4.78, 5) is 21.7. The van der Waals surface area contributed by atoms with Gasteiger partial charge in [-0.3, -0.25) is 4.79 Å². The van der Waals surface area contributed by atoms with Crippen LogP contribution >= 0.6 is 0 Å². The van der Waals surface area contributed by atoms with E-state index in [1.165, 1.54) is 0 Å². The van der Waals surface area contributed by atoms with Crippen molar-refractivity contribution in [3.63, 3.8) is 0 Å². The Morgan fingerprint density at radius 1 is 0.963 bits per heavy atom. The van der Waals surface area contributed by atoms with E-state index < -0.39 is 11.9 Å². The largest absolute Gasteiger partial charge is 0.507 e. The fraction of sp³-hybridized carbons (Fsp3) is 0.273. The molecule has 3 N–H and O–H groups in total. The maximum atomic E-state index is 11.0. The van der Waals surface area contributed by atoms with Crippen LogP contribution in [0, 0.1) is 5.92 Å². The summed E-state index contributed by atoms with van der Waals surface area (Å²) in [5, 5.41) is 27.7. The SMILES string of the molecule is O=C(O)CCCCC(/C=C/c1ccccc1O)Cc1ccc(C(=O)O)cc1. The van der Waals surface area contributed by atoms with Gasteiger partial charge in [0.1, 0.15) is 5.75 Å². The van der Waals surface area contributed by atoms with E-state index >= 15 is 0 Å². The Balaban J connectivity index is 2.07. The van der Waals surface area contributed by atoms with Crippen LogP contribution in [-0.2, 0) is 11.2 Å². The third-order valence-electron chi connectivity index (χ3n) is 4.40. The van der Waals surface area contributed by atoms with E-state index in [0.717, 1.165) is 30.4 Å². The number of para-hydroxylation sites is 1. The van der Waals surface area contributed by atoms with E-state index in [4.69, 9.17) is 10.2 Å². The van der Waals surface area contributed by atoms with Crippen LogP contribution in [0.15, 0.2) is 54.6 Å². The van der Waals surface area contributed by atoms with E-state index in [2.05, 4.69) is 0 Å². The normalized spacial score (nSPS) is 12.1. The molecule has 2 aromatic rings.